The summed E-state index contributed by atoms with van der Waals surface area (Å²) >= 11 is 0. The van der Waals surface area contributed by atoms with Gasteiger partial charge in [0, 0.05) is 18.7 Å². The number of aryl methyl sites for hydroxylation is 1. The third-order valence-corrected chi connectivity index (χ3v) is 6.01. The second kappa shape index (κ2) is 6.50. The maximum absolute atomic E-state index is 13.0. The summed E-state index contributed by atoms with van der Waals surface area (Å²) in [6.07, 6.45) is 4.11. The van der Waals surface area contributed by atoms with Crippen LogP contribution in [-0.2, 0) is 16.6 Å². The molecule has 0 aliphatic heterocycles. The Bertz CT molecular complexity index is 572. The van der Waals surface area contributed by atoms with Gasteiger partial charge in [-0.15, -0.1) is 0 Å². The number of sulfonamides is 1. The summed E-state index contributed by atoms with van der Waals surface area (Å²) < 4.78 is 33.2. The molecule has 1 aliphatic carbocycles. The van der Waals surface area contributed by atoms with Crippen LogP contribution in [0.25, 0.3) is 0 Å². The first-order valence-corrected chi connectivity index (χ1v) is 9.11. The van der Waals surface area contributed by atoms with E-state index in [4.69, 9.17) is 10.2 Å². The van der Waals surface area contributed by atoms with Gasteiger partial charge in [0.1, 0.15) is 16.4 Å². The van der Waals surface area contributed by atoms with Crippen molar-refractivity contribution in [3.63, 3.8) is 0 Å². The van der Waals surface area contributed by atoms with Gasteiger partial charge in [0.2, 0.25) is 10.0 Å². The second-order valence-corrected chi connectivity index (χ2v) is 8.10. The van der Waals surface area contributed by atoms with E-state index in [0.717, 1.165) is 25.7 Å². The Hall–Kier alpha value is -0.850. The molecule has 0 bridgehead atoms. The van der Waals surface area contributed by atoms with Crippen LogP contribution in [0.1, 0.15) is 51.1 Å². The first-order chi connectivity index (χ1) is 9.86. The van der Waals surface area contributed by atoms with Gasteiger partial charge in [0.15, 0.2) is 0 Å². The van der Waals surface area contributed by atoms with Crippen molar-refractivity contribution in [2.45, 2.75) is 63.9 Å². The molecule has 21 heavy (non-hydrogen) atoms. The smallest absolute Gasteiger partial charge is 0.246 e. The lowest BCUT2D eigenvalue weighted by Gasteiger charge is -2.29. The van der Waals surface area contributed by atoms with Gasteiger partial charge in [-0.3, -0.25) is 0 Å². The van der Waals surface area contributed by atoms with Gasteiger partial charge in [0.05, 0.1) is 6.54 Å². The van der Waals surface area contributed by atoms with E-state index in [9.17, 15) is 8.42 Å². The zero-order chi connectivity index (χ0) is 15.6. The molecule has 6 heteroatoms. The molecule has 5 nitrogen and oxygen atoms in total. The third kappa shape index (κ3) is 3.49. The Morgan fingerprint density at radius 3 is 2.48 bits per heavy atom. The maximum Gasteiger partial charge on any atom is 0.246 e. The molecule has 0 atom stereocenters. The van der Waals surface area contributed by atoms with Crippen LogP contribution in [0.5, 0.6) is 0 Å². The van der Waals surface area contributed by atoms with Gasteiger partial charge in [0.25, 0.3) is 0 Å². The number of hydrogen-bond donors (Lipinski definition) is 1. The molecule has 1 fully saturated rings. The minimum atomic E-state index is -3.52. The molecule has 0 radical (unpaired) electrons. The van der Waals surface area contributed by atoms with Crippen LogP contribution >= 0.6 is 0 Å². The van der Waals surface area contributed by atoms with Crippen LogP contribution in [0.3, 0.4) is 0 Å². The highest BCUT2D eigenvalue weighted by atomic mass is 32.2. The number of rotatable bonds is 6. The molecule has 2 rings (SSSR count). The SMILES string of the molecule is Cc1oc(CN)cc1S(=O)(=O)N(CC(C)C)C1CCCC1. The Morgan fingerprint density at radius 2 is 2.00 bits per heavy atom. The molecule has 1 aliphatic rings. The molecule has 0 amide bonds. The summed E-state index contributed by atoms with van der Waals surface area (Å²) in [6, 6.07) is 1.69. The van der Waals surface area contributed by atoms with Crippen molar-refractivity contribution in [1.82, 2.24) is 4.31 Å². The summed E-state index contributed by atoms with van der Waals surface area (Å²) in [4.78, 5) is 0.274. The molecule has 0 unspecified atom stereocenters. The summed E-state index contributed by atoms with van der Waals surface area (Å²) in [5, 5.41) is 0. The number of nitrogens with zero attached hydrogens (tertiary/aromatic N) is 1. The van der Waals surface area contributed by atoms with Gasteiger partial charge < -0.3 is 10.2 Å². The van der Waals surface area contributed by atoms with E-state index in [0.29, 0.717) is 24.0 Å². The third-order valence-electron chi connectivity index (χ3n) is 3.99. The fraction of sp³-hybridized carbons (Fsp3) is 0.733. The Labute approximate surface area is 127 Å². The first kappa shape index (κ1) is 16.5. The van der Waals surface area contributed by atoms with Gasteiger partial charge >= 0.3 is 0 Å². The lowest BCUT2D eigenvalue weighted by molar-refractivity contribution is 0.292. The molecule has 1 aromatic rings. The predicted molar refractivity (Wildman–Crippen MR) is 82.3 cm³/mol. The van der Waals surface area contributed by atoms with Crippen molar-refractivity contribution in [3.05, 3.63) is 17.6 Å². The standard InChI is InChI=1S/C15H26N2O3S/c1-11(2)10-17(13-6-4-5-7-13)21(18,19)15-8-14(9-16)20-12(15)3/h8,11,13H,4-7,9-10,16H2,1-3H3. The zero-order valence-electron chi connectivity index (χ0n) is 13.1. The number of nitrogens with two attached hydrogens (primary N) is 1. The van der Waals surface area contributed by atoms with Crippen LogP contribution in [0.15, 0.2) is 15.4 Å². The molecular weight excluding hydrogens is 288 g/mol. The minimum absolute atomic E-state index is 0.119. The van der Waals surface area contributed by atoms with Crippen molar-refractivity contribution in [3.8, 4) is 0 Å². The highest BCUT2D eigenvalue weighted by molar-refractivity contribution is 7.89. The monoisotopic (exact) mass is 314 g/mol. The molecular formula is C15H26N2O3S. The van der Waals surface area contributed by atoms with E-state index in [1.807, 2.05) is 13.8 Å². The molecule has 0 saturated heterocycles. The van der Waals surface area contributed by atoms with Crippen molar-refractivity contribution < 1.29 is 12.8 Å². The summed E-state index contributed by atoms with van der Waals surface area (Å²) in [6.45, 7) is 6.55. The average Bonchev–Trinajstić information content (AvgIpc) is 3.04. The van der Waals surface area contributed by atoms with E-state index < -0.39 is 10.0 Å². The quantitative estimate of drug-likeness (QED) is 0.875. The van der Waals surface area contributed by atoms with E-state index in [2.05, 4.69) is 0 Å². The molecule has 1 heterocycles. The Balaban J connectivity index is 2.38. The fourth-order valence-electron chi connectivity index (χ4n) is 3.00. The first-order valence-electron chi connectivity index (χ1n) is 7.67. The second-order valence-electron chi connectivity index (χ2n) is 6.24. The fourth-order valence-corrected chi connectivity index (χ4v) is 5.04. The summed E-state index contributed by atoms with van der Waals surface area (Å²) in [5.41, 5.74) is 5.55. The molecule has 0 aromatic carbocycles. The van der Waals surface area contributed by atoms with Gasteiger partial charge in [-0.25, -0.2) is 8.42 Å². The van der Waals surface area contributed by atoms with Crippen LogP contribution in [0.2, 0.25) is 0 Å². The van der Waals surface area contributed by atoms with E-state index >= 15 is 0 Å². The highest BCUT2D eigenvalue weighted by Crippen LogP contribution is 2.31. The summed E-state index contributed by atoms with van der Waals surface area (Å²) in [7, 11) is -3.52. The zero-order valence-corrected chi connectivity index (χ0v) is 13.9. The van der Waals surface area contributed by atoms with E-state index in [1.54, 1.807) is 17.3 Å². The van der Waals surface area contributed by atoms with Crippen LogP contribution in [0.4, 0.5) is 0 Å². The van der Waals surface area contributed by atoms with Gasteiger partial charge in [-0.2, -0.15) is 4.31 Å². The Kier molecular flexibility index (Phi) is 5.11. The van der Waals surface area contributed by atoms with E-state index in [-0.39, 0.29) is 17.5 Å². The summed E-state index contributed by atoms with van der Waals surface area (Å²) in [5.74, 6) is 1.24. The lowest BCUT2D eigenvalue weighted by atomic mass is 10.2. The topological polar surface area (TPSA) is 76.5 Å². The maximum atomic E-state index is 13.0. The lowest BCUT2D eigenvalue weighted by Crippen LogP contribution is -2.41. The predicted octanol–water partition coefficient (Wildman–Crippen LogP) is 2.64. The highest BCUT2D eigenvalue weighted by Gasteiger charge is 2.35. The van der Waals surface area contributed by atoms with Crippen molar-refractivity contribution in [1.29, 1.82) is 0 Å². The largest absolute Gasteiger partial charge is 0.464 e. The van der Waals surface area contributed by atoms with Crippen LogP contribution in [-0.4, -0.2) is 25.3 Å². The van der Waals surface area contributed by atoms with Crippen LogP contribution in [0, 0.1) is 12.8 Å². The van der Waals surface area contributed by atoms with Crippen molar-refractivity contribution in [2.75, 3.05) is 6.54 Å². The molecule has 0 spiro atoms. The molecule has 120 valence electrons. The van der Waals surface area contributed by atoms with Gasteiger partial charge in [-0.1, -0.05) is 26.7 Å². The van der Waals surface area contributed by atoms with Crippen LogP contribution < -0.4 is 5.73 Å². The van der Waals surface area contributed by atoms with Crippen molar-refractivity contribution in [2.24, 2.45) is 11.7 Å². The molecule has 1 saturated carbocycles. The minimum Gasteiger partial charge on any atom is -0.464 e. The number of hydrogen-bond acceptors (Lipinski definition) is 4. The number of furan rings is 1. The molecule has 2 N–H and O–H groups in total. The van der Waals surface area contributed by atoms with Crippen molar-refractivity contribution >= 4 is 10.0 Å². The Morgan fingerprint density at radius 1 is 1.38 bits per heavy atom. The van der Waals surface area contributed by atoms with Gasteiger partial charge in [-0.05, 0) is 25.7 Å². The normalized spacial score (nSPS) is 17.2. The molecule has 1 aromatic heterocycles. The van der Waals surface area contributed by atoms with E-state index in [1.165, 1.54) is 0 Å². The average molecular weight is 314 g/mol.